The molecule has 1 atom stereocenters. The van der Waals surface area contributed by atoms with E-state index in [1.807, 2.05) is 27.9 Å². The molecule has 0 spiro atoms. The Hall–Kier alpha value is -1.38. The van der Waals surface area contributed by atoms with Crippen molar-refractivity contribution in [3.8, 4) is 0 Å². The van der Waals surface area contributed by atoms with Crippen LogP contribution in [0.2, 0.25) is 0 Å². The molecule has 3 N–H and O–H groups in total. The molecule has 28 heavy (non-hydrogen) atoms. The first-order chi connectivity index (χ1) is 13.3. The van der Waals surface area contributed by atoms with Gasteiger partial charge in [0, 0.05) is 46.8 Å². The first kappa shape index (κ1) is 22.9. The van der Waals surface area contributed by atoms with E-state index in [0.717, 1.165) is 45.3 Å². The highest BCUT2D eigenvalue weighted by Crippen LogP contribution is 2.38. The van der Waals surface area contributed by atoms with E-state index in [9.17, 15) is 9.90 Å². The summed E-state index contributed by atoms with van der Waals surface area (Å²) in [7, 11) is 3.65. The average Bonchev–Trinajstić information content (AvgIpc) is 3.14. The predicted octanol–water partition coefficient (Wildman–Crippen LogP) is 0.273. The van der Waals surface area contributed by atoms with E-state index in [-0.39, 0.29) is 11.3 Å². The Bertz CT molecular complexity index is 524. The average molecular weight is 398 g/mol. The van der Waals surface area contributed by atoms with Crippen molar-refractivity contribution in [1.82, 2.24) is 20.4 Å². The number of rotatable bonds is 8. The van der Waals surface area contributed by atoms with E-state index < -0.39 is 5.60 Å². The van der Waals surface area contributed by atoms with Crippen LogP contribution in [0.5, 0.6) is 0 Å². The second-order valence-electron chi connectivity index (χ2n) is 8.62. The van der Waals surface area contributed by atoms with E-state index >= 15 is 0 Å². The molecule has 1 aliphatic heterocycles. The summed E-state index contributed by atoms with van der Waals surface area (Å²) < 4.78 is 5.37. The minimum absolute atomic E-state index is 0.188. The molecule has 1 unspecified atom stereocenters. The van der Waals surface area contributed by atoms with Crippen LogP contribution in [0.25, 0.3) is 0 Å². The number of guanidine groups is 1. The van der Waals surface area contributed by atoms with Crippen molar-refractivity contribution in [1.29, 1.82) is 0 Å². The first-order valence-electron chi connectivity index (χ1n) is 10.5. The molecule has 2 aliphatic rings. The Labute approximate surface area is 169 Å². The highest BCUT2D eigenvalue weighted by molar-refractivity contribution is 5.85. The maximum absolute atomic E-state index is 12.7. The molecule has 1 saturated carbocycles. The molecule has 1 heterocycles. The van der Waals surface area contributed by atoms with Gasteiger partial charge in [-0.1, -0.05) is 12.8 Å². The predicted molar refractivity (Wildman–Crippen MR) is 111 cm³/mol. The van der Waals surface area contributed by atoms with Crippen molar-refractivity contribution < 1.29 is 14.6 Å². The van der Waals surface area contributed by atoms with Gasteiger partial charge >= 0.3 is 0 Å². The number of morpholine rings is 1. The van der Waals surface area contributed by atoms with Gasteiger partial charge in [-0.05, 0) is 26.7 Å². The summed E-state index contributed by atoms with van der Waals surface area (Å²) in [6.45, 7) is 9.12. The van der Waals surface area contributed by atoms with Crippen LogP contribution >= 0.6 is 0 Å². The zero-order valence-electron chi connectivity index (χ0n) is 18.1. The van der Waals surface area contributed by atoms with Crippen LogP contribution in [-0.4, -0.2) is 99.0 Å². The van der Waals surface area contributed by atoms with Gasteiger partial charge in [0.25, 0.3) is 0 Å². The molecule has 2 fully saturated rings. The van der Waals surface area contributed by atoms with Crippen LogP contribution in [0.4, 0.5) is 0 Å². The van der Waals surface area contributed by atoms with E-state index in [1.54, 1.807) is 4.90 Å². The van der Waals surface area contributed by atoms with Gasteiger partial charge in [-0.3, -0.25) is 14.7 Å². The van der Waals surface area contributed by atoms with Gasteiger partial charge in [0.05, 0.1) is 30.8 Å². The summed E-state index contributed by atoms with van der Waals surface area (Å²) in [5.41, 5.74) is -1.26. The minimum Gasteiger partial charge on any atom is -0.387 e. The maximum Gasteiger partial charge on any atom is 0.230 e. The number of aliphatic imine (C=N–C) groups is 1. The molecule has 0 radical (unpaired) electrons. The van der Waals surface area contributed by atoms with Crippen molar-refractivity contribution in [3.63, 3.8) is 0 Å². The highest BCUT2D eigenvalue weighted by atomic mass is 16.5. The Kier molecular flexibility index (Phi) is 8.52. The van der Waals surface area contributed by atoms with E-state index in [0.29, 0.717) is 38.8 Å². The van der Waals surface area contributed by atoms with Gasteiger partial charge in [-0.25, -0.2) is 0 Å². The van der Waals surface area contributed by atoms with Crippen LogP contribution in [-0.2, 0) is 9.53 Å². The summed E-state index contributed by atoms with van der Waals surface area (Å²) in [5.74, 6) is 0.843. The minimum atomic E-state index is -0.913. The normalized spacial score (nSPS) is 22.5. The molecule has 0 aromatic rings. The number of carbonyl (C=O) groups excluding carboxylic acids is 1. The van der Waals surface area contributed by atoms with Crippen LogP contribution < -0.4 is 10.6 Å². The van der Waals surface area contributed by atoms with Crippen molar-refractivity contribution >= 4 is 11.9 Å². The van der Waals surface area contributed by atoms with Crippen LogP contribution in [0.3, 0.4) is 0 Å². The second-order valence-corrected chi connectivity index (χ2v) is 8.62. The number of aliphatic hydroxyl groups is 1. The Morgan fingerprint density at radius 2 is 1.89 bits per heavy atom. The monoisotopic (exact) mass is 397 g/mol. The quantitative estimate of drug-likeness (QED) is 0.403. The molecule has 0 aromatic carbocycles. The zero-order valence-corrected chi connectivity index (χ0v) is 18.1. The Balaban J connectivity index is 1.96. The second kappa shape index (κ2) is 10.4. The molecule has 1 amide bonds. The largest absolute Gasteiger partial charge is 0.387 e. The third kappa shape index (κ3) is 6.60. The number of nitrogens with one attached hydrogen (secondary N) is 2. The van der Waals surface area contributed by atoms with Crippen molar-refractivity contribution in [2.75, 3.05) is 66.6 Å². The fraction of sp³-hybridized carbons (Fsp3) is 0.900. The van der Waals surface area contributed by atoms with Gasteiger partial charge in [0.1, 0.15) is 0 Å². The first-order valence-corrected chi connectivity index (χ1v) is 10.5. The number of nitrogens with zero attached hydrogens (tertiary/aromatic N) is 3. The summed E-state index contributed by atoms with van der Waals surface area (Å²) in [6, 6.07) is 0. The molecular weight excluding hydrogens is 358 g/mol. The molecular formula is C20H39N5O3. The highest BCUT2D eigenvalue weighted by Gasteiger charge is 2.42. The van der Waals surface area contributed by atoms with Crippen LogP contribution in [0, 0.1) is 5.41 Å². The molecule has 0 aromatic heterocycles. The summed E-state index contributed by atoms with van der Waals surface area (Å²) in [5, 5.41) is 17.4. The summed E-state index contributed by atoms with van der Waals surface area (Å²) in [6.07, 6.45) is 3.99. The fourth-order valence-electron chi connectivity index (χ4n) is 4.13. The van der Waals surface area contributed by atoms with Gasteiger partial charge in [-0.15, -0.1) is 0 Å². The lowest BCUT2D eigenvalue weighted by Crippen LogP contribution is -2.50. The zero-order chi connectivity index (χ0) is 20.6. The molecule has 1 aliphatic carbocycles. The van der Waals surface area contributed by atoms with E-state index in [4.69, 9.17) is 4.74 Å². The standard InChI is InChI=1S/C20H39N5O3/c1-5-21-18(22-14-19(2,27)16-25-10-12-28-13-11-25)23-15-20(8-6-7-9-20)17(26)24(3)4/h27H,5-16H2,1-4H3,(H2,21,22,23). The lowest BCUT2D eigenvalue weighted by Gasteiger charge is -2.33. The molecule has 162 valence electrons. The SMILES string of the molecule is CCNC(=NCC(C)(O)CN1CCOCC1)NCC1(C(=O)N(C)C)CCCC1. The van der Waals surface area contributed by atoms with Gasteiger partial charge < -0.3 is 25.4 Å². The molecule has 2 rings (SSSR count). The fourth-order valence-corrected chi connectivity index (χ4v) is 4.13. The summed E-state index contributed by atoms with van der Waals surface area (Å²) in [4.78, 5) is 21.3. The third-order valence-corrected chi connectivity index (χ3v) is 5.60. The van der Waals surface area contributed by atoms with Gasteiger partial charge in [0.2, 0.25) is 5.91 Å². The van der Waals surface area contributed by atoms with Gasteiger partial charge in [0.15, 0.2) is 5.96 Å². The topological polar surface area (TPSA) is 89.4 Å². The number of ether oxygens (including phenoxy) is 1. The number of carbonyl (C=O) groups is 1. The molecule has 8 nitrogen and oxygen atoms in total. The number of β-amino-alcohol motifs (C(OH)–C–C–N with tert-alkyl or cyclic N) is 1. The van der Waals surface area contributed by atoms with E-state index in [2.05, 4.69) is 20.5 Å². The smallest absolute Gasteiger partial charge is 0.230 e. The van der Waals surface area contributed by atoms with E-state index in [1.165, 1.54) is 0 Å². The third-order valence-electron chi connectivity index (χ3n) is 5.60. The lowest BCUT2D eigenvalue weighted by atomic mass is 9.84. The van der Waals surface area contributed by atoms with Crippen molar-refractivity contribution in [2.45, 2.75) is 45.1 Å². The van der Waals surface area contributed by atoms with Gasteiger partial charge in [-0.2, -0.15) is 0 Å². The molecule has 8 heteroatoms. The lowest BCUT2D eigenvalue weighted by molar-refractivity contribution is -0.138. The number of amides is 1. The van der Waals surface area contributed by atoms with Crippen molar-refractivity contribution in [2.24, 2.45) is 10.4 Å². The maximum atomic E-state index is 12.7. The Morgan fingerprint density at radius 1 is 1.25 bits per heavy atom. The molecule has 1 saturated heterocycles. The van der Waals surface area contributed by atoms with Crippen molar-refractivity contribution in [3.05, 3.63) is 0 Å². The molecule has 0 bridgehead atoms. The summed E-state index contributed by atoms with van der Waals surface area (Å²) >= 11 is 0. The van der Waals surface area contributed by atoms with Crippen LogP contribution in [0.15, 0.2) is 4.99 Å². The Morgan fingerprint density at radius 3 is 2.46 bits per heavy atom. The number of hydrogen-bond acceptors (Lipinski definition) is 5. The number of hydrogen-bond donors (Lipinski definition) is 3. The van der Waals surface area contributed by atoms with Crippen LogP contribution in [0.1, 0.15) is 39.5 Å².